The number of allylic oxidation sites excluding steroid dienone is 1. The number of carbonyl (C=O) groups excluding carboxylic acids is 1. The molecule has 5 rings (SSSR count). The number of benzene rings is 2. The molecule has 8 nitrogen and oxygen atoms in total. The molecule has 10 heteroatoms. The number of aryl methyl sites for hydroxylation is 1. The number of nitrogens with one attached hydrogen (secondary N) is 1. The first-order chi connectivity index (χ1) is 20.3. The molecule has 228 valence electrons. The molecule has 1 amide bonds. The average molecular weight is 617 g/mol. The number of halogens is 1. The Labute approximate surface area is 254 Å². The number of fused-ring (bicyclic) bond motifs is 3. The van der Waals surface area contributed by atoms with Gasteiger partial charge in [-0.05, 0) is 98.2 Å². The zero-order valence-electron chi connectivity index (χ0n) is 24.2. The summed E-state index contributed by atoms with van der Waals surface area (Å²) >= 11 is 6.32. The van der Waals surface area contributed by atoms with E-state index in [1.165, 1.54) is 5.56 Å². The number of hydrogen-bond acceptors (Lipinski definition) is 7. The highest BCUT2D eigenvalue weighted by atomic mass is 35.5. The third-order valence-corrected chi connectivity index (χ3v) is 10.1. The van der Waals surface area contributed by atoms with Crippen molar-refractivity contribution in [2.45, 2.75) is 57.7 Å². The molecular formula is C32H41ClN2O6S. The van der Waals surface area contributed by atoms with Crippen LogP contribution in [-0.4, -0.2) is 59.6 Å². The van der Waals surface area contributed by atoms with Gasteiger partial charge in [-0.3, -0.25) is 4.79 Å². The molecular weight excluding hydrogens is 576 g/mol. The molecule has 2 aliphatic heterocycles. The van der Waals surface area contributed by atoms with Crippen LogP contribution in [0, 0.1) is 11.8 Å². The number of nitrogens with zero attached hydrogens (tertiary/aromatic N) is 1. The van der Waals surface area contributed by atoms with Gasteiger partial charge >= 0.3 is 0 Å². The van der Waals surface area contributed by atoms with E-state index >= 15 is 0 Å². The first kappa shape index (κ1) is 30.9. The number of sulfonamides is 1. The van der Waals surface area contributed by atoms with Gasteiger partial charge in [0.05, 0.1) is 30.8 Å². The summed E-state index contributed by atoms with van der Waals surface area (Å²) in [5.41, 5.74) is 3.38. The molecule has 42 heavy (non-hydrogen) atoms. The van der Waals surface area contributed by atoms with Crippen LogP contribution in [0.5, 0.6) is 5.75 Å². The van der Waals surface area contributed by atoms with Gasteiger partial charge in [-0.2, -0.15) is 0 Å². The molecule has 3 atom stereocenters. The minimum Gasteiger partial charge on any atom is -0.487 e. The van der Waals surface area contributed by atoms with Crippen molar-refractivity contribution in [2.24, 2.45) is 11.8 Å². The van der Waals surface area contributed by atoms with Crippen LogP contribution in [0.2, 0.25) is 5.02 Å². The molecule has 0 aromatic heterocycles. The Morgan fingerprint density at radius 1 is 1.07 bits per heavy atom. The highest BCUT2D eigenvalue weighted by Crippen LogP contribution is 2.41. The van der Waals surface area contributed by atoms with E-state index in [2.05, 4.69) is 15.7 Å². The van der Waals surface area contributed by atoms with Crippen LogP contribution >= 0.6 is 11.6 Å². The highest BCUT2D eigenvalue weighted by Gasteiger charge is 2.38. The molecule has 1 fully saturated rings. The van der Waals surface area contributed by atoms with Gasteiger partial charge in [0.2, 0.25) is 10.0 Å². The van der Waals surface area contributed by atoms with Crippen LogP contribution in [0.15, 0.2) is 48.6 Å². The maximum Gasteiger partial charge on any atom is 0.264 e. The fourth-order valence-electron chi connectivity index (χ4n) is 6.08. The number of anilines is 1. The average Bonchev–Trinajstić information content (AvgIpc) is 2.97. The van der Waals surface area contributed by atoms with Crippen molar-refractivity contribution in [1.29, 1.82) is 0 Å². The molecule has 0 spiro atoms. The van der Waals surface area contributed by atoms with Crippen molar-refractivity contribution < 1.29 is 27.4 Å². The van der Waals surface area contributed by atoms with E-state index in [4.69, 9.17) is 25.8 Å². The van der Waals surface area contributed by atoms with Gasteiger partial charge in [0, 0.05) is 30.8 Å². The van der Waals surface area contributed by atoms with Crippen molar-refractivity contribution in [1.82, 2.24) is 4.72 Å². The van der Waals surface area contributed by atoms with Crippen molar-refractivity contribution in [3.63, 3.8) is 0 Å². The Hall–Kier alpha value is -2.59. The molecule has 0 saturated heterocycles. The first-order valence-electron chi connectivity index (χ1n) is 14.9. The second-order valence-electron chi connectivity index (χ2n) is 11.4. The van der Waals surface area contributed by atoms with Gasteiger partial charge in [0.15, 0.2) is 0 Å². The van der Waals surface area contributed by atoms with Crippen LogP contribution in [-0.2, 0) is 32.5 Å². The van der Waals surface area contributed by atoms with Crippen LogP contribution in [0.1, 0.15) is 60.0 Å². The normalized spacial score (nSPS) is 25.4. The Morgan fingerprint density at radius 3 is 2.76 bits per heavy atom. The summed E-state index contributed by atoms with van der Waals surface area (Å²) in [5, 5.41) is 0.715. The molecule has 2 unspecified atom stereocenters. The van der Waals surface area contributed by atoms with Gasteiger partial charge in [-0.15, -0.1) is 0 Å². The molecule has 0 radical (unpaired) electrons. The molecule has 2 heterocycles. The van der Waals surface area contributed by atoms with E-state index in [0.29, 0.717) is 60.8 Å². The number of carbonyl (C=O) groups is 1. The standard InChI is InChI=1S/C32H41ClN2O6S/c1-39-16-17-40-30-8-3-2-6-18-42(37,38)34-32(36)24-11-14-31-29(20-24)35(21-25-10-13-28(25)30)15-5-4-7-23-19-27(33)12-9-26(23)22-41-31/h3,8-9,11-12,14,19-20,25,28,30H,2,4-7,10,13,15-18,21-22H2,1H3,(H,34,36)/b8-3+/t25?,28?,30-/m1/s1. The summed E-state index contributed by atoms with van der Waals surface area (Å²) in [6.07, 6.45) is 10.0. The van der Waals surface area contributed by atoms with E-state index in [0.717, 1.165) is 56.4 Å². The minimum absolute atomic E-state index is 0.0617. The molecule has 3 aliphatic rings. The lowest BCUT2D eigenvalue weighted by atomic mass is 9.70. The Bertz CT molecular complexity index is 1380. The van der Waals surface area contributed by atoms with E-state index in [1.807, 2.05) is 24.3 Å². The zero-order valence-corrected chi connectivity index (χ0v) is 25.8. The lowest BCUT2D eigenvalue weighted by molar-refractivity contribution is -0.0308. The van der Waals surface area contributed by atoms with Crippen molar-refractivity contribution in [2.75, 3.05) is 44.1 Å². The lowest BCUT2D eigenvalue weighted by Gasteiger charge is -2.44. The second kappa shape index (κ2) is 14.3. The largest absolute Gasteiger partial charge is 0.487 e. The first-order valence-corrected chi connectivity index (χ1v) is 17.0. The molecule has 2 aromatic carbocycles. The maximum atomic E-state index is 13.1. The minimum atomic E-state index is -3.78. The summed E-state index contributed by atoms with van der Waals surface area (Å²) in [7, 11) is -2.12. The summed E-state index contributed by atoms with van der Waals surface area (Å²) < 4.78 is 45.6. The van der Waals surface area contributed by atoms with Gasteiger partial charge < -0.3 is 19.1 Å². The number of amides is 1. The maximum absolute atomic E-state index is 13.1. The Balaban J connectivity index is 1.49. The molecule has 1 aliphatic carbocycles. The quantitative estimate of drug-likeness (QED) is 0.357. The topological polar surface area (TPSA) is 94.2 Å². The molecule has 2 bridgehead atoms. The SMILES string of the molecule is COCCO[C@@H]1/C=C/CCCS(=O)(=O)NC(=O)c2ccc3c(c2)N(CCCCc2cc(Cl)ccc2CO3)CC2CCC21. The molecule has 2 aromatic rings. The van der Waals surface area contributed by atoms with E-state index in [9.17, 15) is 13.2 Å². The van der Waals surface area contributed by atoms with Crippen LogP contribution in [0.25, 0.3) is 0 Å². The predicted molar refractivity (Wildman–Crippen MR) is 165 cm³/mol. The third-order valence-electron chi connectivity index (χ3n) is 8.55. The van der Waals surface area contributed by atoms with E-state index in [1.54, 1.807) is 25.3 Å². The zero-order chi connectivity index (χ0) is 29.5. The van der Waals surface area contributed by atoms with E-state index < -0.39 is 15.9 Å². The fourth-order valence-corrected chi connectivity index (χ4v) is 7.32. The molecule has 1 N–H and O–H groups in total. The Morgan fingerprint density at radius 2 is 1.95 bits per heavy atom. The van der Waals surface area contributed by atoms with Crippen molar-refractivity contribution in [3.05, 3.63) is 70.3 Å². The number of rotatable bonds is 4. The Kier molecular flexibility index (Phi) is 10.5. The van der Waals surface area contributed by atoms with Gasteiger partial charge in [0.25, 0.3) is 5.91 Å². The van der Waals surface area contributed by atoms with Crippen LogP contribution in [0.4, 0.5) is 5.69 Å². The lowest BCUT2D eigenvalue weighted by Crippen LogP contribution is -2.44. The summed E-state index contributed by atoms with van der Waals surface area (Å²) in [5.74, 6) is 0.662. The van der Waals surface area contributed by atoms with E-state index in [-0.39, 0.29) is 11.9 Å². The van der Waals surface area contributed by atoms with Crippen LogP contribution in [0.3, 0.4) is 0 Å². The summed E-state index contributed by atoms with van der Waals surface area (Å²) in [6, 6.07) is 11.1. The fraction of sp³-hybridized carbons (Fsp3) is 0.531. The number of ether oxygens (including phenoxy) is 3. The molecule has 1 saturated carbocycles. The predicted octanol–water partition coefficient (Wildman–Crippen LogP) is 5.53. The second-order valence-corrected chi connectivity index (χ2v) is 13.7. The summed E-state index contributed by atoms with van der Waals surface area (Å²) in [4.78, 5) is 15.5. The number of methoxy groups -OCH3 is 1. The number of hydrogen-bond donors (Lipinski definition) is 1. The van der Waals surface area contributed by atoms with Gasteiger partial charge in [-0.1, -0.05) is 29.8 Å². The van der Waals surface area contributed by atoms with Gasteiger partial charge in [-0.25, -0.2) is 13.1 Å². The monoisotopic (exact) mass is 616 g/mol. The highest BCUT2D eigenvalue weighted by molar-refractivity contribution is 7.90. The van der Waals surface area contributed by atoms with Crippen molar-refractivity contribution >= 4 is 33.2 Å². The summed E-state index contributed by atoms with van der Waals surface area (Å²) in [6.45, 7) is 2.97. The van der Waals surface area contributed by atoms with Crippen LogP contribution < -0.4 is 14.4 Å². The van der Waals surface area contributed by atoms with Gasteiger partial charge in [0.1, 0.15) is 12.4 Å². The van der Waals surface area contributed by atoms with Crippen molar-refractivity contribution in [3.8, 4) is 5.75 Å². The third kappa shape index (κ3) is 7.86. The smallest absolute Gasteiger partial charge is 0.264 e.